The van der Waals surface area contributed by atoms with Gasteiger partial charge in [0.15, 0.2) is 0 Å². The van der Waals surface area contributed by atoms with Crippen LogP contribution in [-0.2, 0) is 11.8 Å². The third-order valence-electron chi connectivity index (χ3n) is 7.12. The van der Waals surface area contributed by atoms with Crippen LogP contribution in [0.15, 0.2) is 79.1 Å². The van der Waals surface area contributed by atoms with Crippen LogP contribution in [0.25, 0.3) is 43.9 Å². The number of benzene rings is 4. The summed E-state index contributed by atoms with van der Waals surface area (Å²) in [4.78, 5) is 9.71. The number of hydrogen-bond acceptors (Lipinski definition) is 2. The molecule has 0 aliphatic heterocycles. The lowest BCUT2D eigenvalue weighted by molar-refractivity contribution is 0.635. The van der Waals surface area contributed by atoms with Gasteiger partial charge in [0.1, 0.15) is 6.33 Å². The van der Waals surface area contributed by atoms with Crippen molar-refractivity contribution < 1.29 is 0 Å². The summed E-state index contributed by atoms with van der Waals surface area (Å²) in [7, 11) is 0. The molecule has 2 heteroatoms. The third-order valence-corrected chi connectivity index (χ3v) is 7.12. The molecule has 0 radical (unpaired) electrons. The molecule has 0 spiro atoms. The van der Waals surface area contributed by atoms with E-state index < -0.39 is 0 Å². The van der Waals surface area contributed by atoms with Gasteiger partial charge in [-0.25, -0.2) is 9.97 Å². The average molecular weight is 429 g/mol. The first-order valence-electron chi connectivity index (χ1n) is 11.8. The zero-order chi connectivity index (χ0) is 22.7. The molecule has 162 valence electrons. The fourth-order valence-corrected chi connectivity index (χ4v) is 5.56. The molecule has 0 saturated heterocycles. The summed E-state index contributed by atoms with van der Waals surface area (Å²) in [5.41, 5.74) is 8.36. The van der Waals surface area contributed by atoms with Crippen LogP contribution in [0.4, 0.5) is 0 Å². The molecule has 2 nitrogen and oxygen atoms in total. The summed E-state index contributed by atoms with van der Waals surface area (Å²) < 4.78 is 0. The molecule has 5 aromatic rings. The molecule has 4 aromatic carbocycles. The van der Waals surface area contributed by atoms with Crippen molar-refractivity contribution >= 4 is 21.5 Å². The highest BCUT2D eigenvalue weighted by Gasteiger charge is 2.39. The highest BCUT2D eigenvalue weighted by atomic mass is 14.9. The quantitative estimate of drug-likeness (QED) is 0.291. The molecule has 1 aliphatic carbocycles. The van der Waals surface area contributed by atoms with Crippen LogP contribution in [0.1, 0.15) is 44.5 Å². The summed E-state index contributed by atoms with van der Waals surface area (Å²) in [6, 6.07) is 26.7. The Morgan fingerprint density at radius 2 is 1.48 bits per heavy atom. The van der Waals surface area contributed by atoms with Crippen molar-refractivity contribution in [2.45, 2.75) is 39.5 Å². The van der Waals surface area contributed by atoms with Crippen molar-refractivity contribution in [3.8, 4) is 22.4 Å². The molecule has 0 unspecified atom stereocenters. The van der Waals surface area contributed by atoms with Crippen molar-refractivity contribution in [3.63, 3.8) is 0 Å². The molecule has 0 N–H and O–H groups in total. The van der Waals surface area contributed by atoms with Gasteiger partial charge in [0.25, 0.3) is 0 Å². The molecule has 0 amide bonds. The predicted molar refractivity (Wildman–Crippen MR) is 139 cm³/mol. The molecule has 1 aliphatic rings. The number of hydrogen-bond donors (Lipinski definition) is 0. The lowest BCUT2D eigenvalue weighted by Gasteiger charge is -2.20. The Hall–Kier alpha value is -3.52. The first-order valence-corrected chi connectivity index (χ1v) is 11.8. The Labute approximate surface area is 195 Å². The summed E-state index contributed by atoms with van der Waals surface area (Å²) in [5.74, 6) is 0.589. The van der Waals surface area contributed by atoms with E-state index in [0.717, 1.165) is 17.8 Å². The zero-order valence-corrected chi connectivity index (χ0v) is 19.7. The first-order chi connectivity index (χ1) is 15.9. The number of nitrogens with zero attached hydrogens (tertiary/aromatic N) is 2. The fourth-order valence-electron chi connectivity index (χ4n) is 5.56. The maximum atomic E-state index is 4.88. The molecule has 0 saturated carbocycles. The SMILES string of the molecule is CC(C)Cc1cc(-c2ncnc3c2-c2cc4ccccc4cc2C3(C)C)cc2ccccc12. The second-order valence-electron chi connectivity index (χ2n) is 10.3. The summed E-state index contributed by atoms with van der Waals surface area (Å²) in [6.07, 6.45) is 2.80. The second kappa shape index (κ2) is 7.25. The van der Waals surface area contributed by atoms with E-state index in [4.69, 9.17) is 9.97 Å². The topological polar surface area (TPSA) is 25.8 Å². The largest absolute Gasteiger partial charge is 0.240 e. The minimum atomic E-state index is -0.163. The molecule has 1 aromatic heterocycles. The van der Waals surface area contributed by atoms with Crippen molar-refractivity contribution in [1.82, 2.24) is 9.97 Å². The lowest BCUT2D eigenvalue weighted by Crippen LogP contribution is -2.17. The monoisotopic (exact) mass is 428 g/mol. The zero-order valence-electron chi connectivity index (χ0n) is 19.7. The van der Waals surface area contributed by atoms with Crippen LogP contribution in [0, 0.1) is 5.92 Å². The summed E-state index contributed by atoms with van der Waals surface area (Å²) in [6.45, 7) is 9.14. The predicted octanol–water partition coefficient (Wildman–Crippen LogP) is 7.95. The average Bonchev–Trinajstić information content (AvgIpc) is 3.04. The standard InChI is InChI=1S/C31H28N2/c1-19(2)13-23-15-24(14-22-11-7-8-12-25(22)23)29-28-26-16-20-9-5-6-10-21(20)17-27(26)31(3,4)30(28)33-18-32-29/h5-12,14-19H,13H2,1-4H3. The van der Waals surface area contributed by atoms with E-state index >= 15 is 0 Å². The van der Waals surface area contributed by atoms with Crippen molar-refractivity contribution in [1.29, 1.82) is 0 Å². The van der Waals surface area contributed by atoms with E-state index in [0.29, 0.717) is 5.92 Å². The summed E-state index contributed by atoms with van der Waals surface area (Å²) >= 11 is 0. The third kappa shape index (κ3) is 3.08. The number of aromatic nitrogens is 2. The van der Waals surface area contributed by atoms with Gasteiger partial charge < -0.3 is 0 Å². The van der Waals surface area contributed by atoms with E-state index in [1.807, 2.05) is 0 Å². The Bertz CT molecular complexity index is 1540. The normalized spacial score (nSPS) is 14.1. The highest BCUT2D eigenvalue weighted by molar-refractivity contribution is 5.98. The van der Waals surface area contributed by atoms with Crippen LogP contribution in [-0.4, -0.2) is 9.97 Å². The molecule has 0 bridgehead atoms. The highest BCUT2D eigenvalue weighted by Crippen LogP contribution is 2.51. The molecule has 33 heavy (non-hydrogen) atoms. The smallest absolute Gasteiger partial charge is 0.116 e. The Morgan fingerprint density at radius 1 is 0.788 bits per heavy atom. The Kier molecular flexibility index (Phi) is 4.42. The molecule has 1 heterocycles. The molecular weight excluding hydrogens is 400 g/mol. The van der Waals surface area contributed by atoms with Gasteiger partial charge in [-0.15, -0.1) is 0 Å². The van der Waals surface area contributed by atoms with E-state index in [1.54, 1.807) is 6.33 Å². The Balaban J connectivity index is 1.65. The van der Waals surface area contributed by atoms with Crippen LogP contribution in [0.5, 0.6) is 0 Å². The molecule has 6 rings (SSSR count). The van der Waals surface area contributed by atoms with Crippen molar-refractivity contribution in [2.24, 2.45) is 5.92 Å². The van der Waals surface area contributed by atoms with Crippen LogP contribution in [0.2, 0.25) is 0 Å². The van der Waals surface area contributed by atoms with E-state index in [1.165, 1.54) is 49.4 Å². The van der Waals surface area contributed by atoms with Crippen LogP contribution < -0.4 is 0 Å². The van der Waals surface area contributed by atoms with Gasteiger partial charge in [-0.2, -0.15) is 0 Å². The first kappa shape index (κ1) is 20.1. The maximum Gasteiger partial charge on any atom is 0.116 e. The minimum absolute atomic E-state index is 0.163. The van der Waals surface area contributed by atoms with Crippen LogP contribution in [0.3, 0.4) is 0 Å². The minimum Gasteiger partial charge on any atom is -0.240 e. The van der Waals surface area contributed by atoms with Crippen LogP contribution >= 0.6 is 0 Å². The fraction of sp³-hybridized carbons (Fsp3) is 0.226. The molecule has 0 fully saturated rings. The van der Waals surface area contributed by atoms with Gasteiger partial charge in [0.2, 0.25) is 0 Å². The lowest BCUT2D eigenvalue weighted by atomic mass is 9.84. The van der Waals surface area contributed by atoms with E-state index in [9.17, 15) is 0 Å². The van der Waals surface area contributed by atoms with Gasteiger partial charge in [-0.3, -0.25) is 0 Å². The van der Waals surface area contributed by atoms with Crippen molar-refractivity contribution in [2.75, 3.05) is 0 Å². The molecule has 0 atom stereocenters. The van der Waals surface area contributed by atoms with Gasteiger partial charge in [-0.1, -0.05) is 76.2 Å². The van der Waals surface area contributed by atoms with Gasteiger partial charge >= 0.3 is 0 Å². The van der Waals surface area contributed by atoms with Gasteiger partial charge in [-0.05, 0) is 74.8 Å². The molecular formula is C31H28N2. The second-order valence-corrected chi connectivity index (χ2v) is 10.3. The van der Waals surface area contributed by atoms with Gasteiger partial charge in [0.05, 0.1) is 11.4 Å². The number of rotatable bonds is 3. The maximum absolute atomic E-state index is 4.88. The van der Waals surface area contributed by atoms with E-state index in [-0.39, 0.29) is 5.41 Å². The van der Waals surface area contributed by atoms with Crippen molar-refractivity contribution in [3.05, 3.63) is 95.9 Å². The number of fused-ring (bicyclic) bond motifs is 5. The van der Waals surface area contributed by atoms with Gasteiger partial charge in [0, 0.05) is 16.5 Å². The Morgan fingerprint density at radius 3 is 2.24 bits per heavy atom. The van der Waals surface area contributed by atoms with E-state index in [2.05, 4.69) is 100 Å². The summed E-state index contributed by atoms with van der Waals surface area (Å²) in [5, 5.41) is 5.15.